The van der Waals surface area contributed by atoms with Gasteiger partial charge in [-0.05, 0) is 35.7 Å². The Morgan fingerprint density at radius 3 is 2.55 bits per heavy atom. The van der Waals surface area contributed by atoms with Crippen LogP contribution in [0.3, 0.4) is 0 Å². The molecule has 9 heteroatoms. The van der Waals surface area contributed by atoms with Crippen molar-refractivity contribution in [2.45, 2.75) is 18.6 Å². The second-order valence-electron chi connectivity index (χ2n) is 7.11. The van der Waals surface area contributed by atoms with Gasteiger partial charge in [0.15, 0.2) is 6.61 Å². The van der Waals surface area contributed by atoms with Crippen LogP contribution >= 0.6 is 0 Å². The maximum atomic E-state index is 13.4. The Labute approximate surface area is 175 Å². The van der Waals surface area contributed by atoms with Crippen molar-refractivity contribution >= 4 is 17.4 Å². The van der Waals surface area contributed by atoms with Crippen molar-refractivity contribution in [3.63, 3.8) is 0 Å². The van der Waals surface area contributed by atoms with Crippen molar-refractivity contribution < 1.29 is 32.2 Å². The SMILES string of the molecule is COC(=O)COc1cccn2c3c(cc12)CCN(C(=O)C(F)(F)F)C3c1ccccc1. The molecule has 1 amide bonds. The van der Waals surface area contributed by atoms with E-state index >= 15 is 0 Å². The number of halogens is 3. The number of fused-ring (bicyclic) bond motifs is 3. The Kier molecular flexibility index (Phi) is 5.34. The van der Waals surface area contributed by atoms with E-state index in [0.717, 1.165) is 10.5 Å². The summed E-state index contributed by atoms with van der Waals surface area (Å²) < 4.78 is 51.9. The molecule has 0 saturated carbocycles. The van der Waals surface area contributed by atoms with Gasteiger partial charge in [0, 0.05) is 12.7 Å². The van der Waals surface area contributed by atoms with Crippen LogP contribution in [-0.2, 0) is 20.7 Å². The van der Waals surface area contributed by atoms with Gasteiger partial charge in [-0.3, -0.25) is 4.79 Å². The first-order chi connectivity index (χ1) is 14.8. The van der Waals surface area contributed by atoms with Crippen LogP contribution in [0.5, 0.6) is 5.75 Å². The zero-order valence-electron chi connectivity index (χ0n) is 16.6. The van der Waals surface area contributed by atoms with Crippen LogP contribution in [0.15, 0.2) is 54.7 Å². The molecule has 0 spiro atoms. The summed E-state index contributed by atoms with van der Waals surface area (Å²) in [7, 11) is 1.25. The fourth-order valence-electron chi connectivity index (χ4n) is 3.94. The minimum absolute atomic E-state index is 0.0693. The Balaban J connectivity index is 1.85. The molecule has 162 valence electrons. The second kappa shape index (κ2) is 7.98. The Hall–Kier alpha value is -3.49. The lowest BCUT2D eigenvalue weighted by Crippen LogP contribution is -2.47. The van der Waals surface area contributed by atoms with Gasteiger partial charge in [0.2, 0.25) is 0 Å². The molecule has 1 unspecified atom stereocenters. The molecule has 1 atom stereocenters. The third-order valence-corrected chi connectivity index (χ3v) is 5.28. The topological polar surface area (TPSA) is 60.2 Å². The summed E-state index contributed by atoms with van der Waals surface area (Å²) in [6.07, 6.45) is -3.01. The number of amides is 1. The minimum atomic E-state index is -4.98. The average Bonchev–Trinajstić information content (AvgIpc) is 3.15. The number of alkyl halides is 3. The quantitative estimate of drug-likeness (QED) is 0.592. The lowest BCUT2D eigenvalue weighted by Gasteiger charge is -2.37. The molecule has 2 aromatic heterocycles. The van der Waals surface area contributed by atoms with E-state index in [4.69, 9.17) is 4.74 Å². The number of pyridine rings is 1. The van der Waals surface area contributed by atoms with E-state index < -0.39 is 24.1 Å². The van der Waals surface area contributed by atoms with E-state index in [1.54, 1.807) is 53.1 Å². The zero-order valence-corrected chi connectivity index (χ0v) is 16.6. The molecule has 0 radical (unpaired) electrons. The van der Waals surface area contributed by atoms with Gasteiger partial charge in [0.05, 0.1) is 24.4 Å². The molecule has 6 nitrogen and oxygen atoms in total. The number of hydrogen-bond acceptors (Lipinski definition) is 4. The van der Waals surface area contributed by atoms with Crippen LogP contribution in [0.2, 0.25) is 0 Å². The second-order valence-corrected chi connectivity index (χ2v) is 7.11. The van der Waals surface area contributed by atoms with Crippen LogP contribution in [0.4, 0.5) is 13.2 Å². The number of benzene rings is 1. The van der Waals surface area contributed by atoms with E-state index in [1.165, 1.54) is 7.11 Å². The molecule has 0 N–H and O–H groups in total. The molecule has 0 fully saturated rings. The van der Waals surface area contributed by atoms with E-state index in [2.05, 4.69) is 4.74 Å². The van der Waals surface area contributed by atoms with Gasteiger partial charge in [0.25, 0.3) is 0 Å². The van der Waals surface area contributed by atoms with Crippen LogP contribution < -0.4 is 4.74 Å². The Morgan fingerprint density at radius 2 is 1.87 bits per heavy atom. The van der Waals surface area contributed by atoms with Gasteiger partial charge in [-0.15, -0.1) is 0 Å². The molecule has 4 rings (SSSR count). The summed E-state index contributed by atoms with van der Waals surface area (Å²) in [6, 6.07) is 12.9. The number of aromatic nitrogens is 1. The van der Waals surface area contributed by atoms with Gasteiger partial charge in [-0.25, -0.2) is 4.79 Å². The van der Waals surface area contributed by atoms with Crippen molar-refractivity contribution in [2.24, 2.45) is 0 Å². The zero-order chi connectivity index (χ0) is 22.2. The maximum Gasteiger partial charge on any atom is 0.471 e. The molecular weight excluding hydrogens is 413 g/mol. The third kappa shape index (κ3) is 3.83. The molecule has 0 saturated heterocycles. The van der Waals surface area contributed by atoms with Gasteiger partial charge < -0.3 is 18.8 Å². The summed E-state index contributed by atoms with van der Waals surface area (Å²) in [5, 5.41) is 0. The summed E-state index contributed by atoms with van der Waals surface area (Å²) in [5.41, 5.74) is 2.54. The van der Waals surface area contributed by atoms with Crippen LogP contribution in [0.1, 0.15) is 22.9 Å². The standard InChI is InChI=1S/C22H19F3N2O4/c1-30-18(28)13-31-17-8-5-10-26-16(17)12-15-9-11-27(21(29)22(23,24)25)19(20(15)26)14-6-3-2-4-7-14/h2-8,10,12,19H,9,11,13H2,1H3. The lowest BCUT2D eigenvalue weighted by atomic mass is 9.93. The van der Waals surface area contributed by atoms with Crippen molar-refractivity contribution in [3.05, 3.63) is 71.5 Å². The Morgan fingerprint density at radius 1 is 1.13 bits per heavy atom. The number of carbonyl (C=O) groups is 2. The number of rotatable bonds is 4. The first kappa shape index (κ1) is 20.8. The van der Waals surface area contributed by atoms with Gasteiger partial charge >= 0.3 is 18.1 Å². The first-order valence-electron chi connectivity index (χ1n) is 9.56. The fourth-order valence-corrected chi connectivity index (χ4v) is 3.94. The highest BCUT2D eigenvalue weighted by molar-refractivity contribution is 5.83. The van der Waals surface area contributed by atoms with Crippen molar-refractivity contribution in [2.75, 3.05) is 20.3 Å². The van der Waals surface area contributed by atoms with Crippen LogP contribution in [0.25, 0.3) is 5.52 Å². The molecule has 3 aromatic rings. The van der Waals surface area contributed by atoms with Gasteiger partial charge in [-0.2, -0.15) is 13.2 Å². The smallest absolute Gasteiger partial charge is 0.471 e. The molecule has 1 aliphatic heterocycles. The lowest BCUT2D eigenvalue weighted by molar-refractivity contribution is -0.187. The summed E-state index contributed by atoms with van der Waals surface area (Å²) >= 11 is 0. The number of carbonyl (C=O) groups excluding carboxylic acids is 2. The number of hydrogen-bond donors (Lipinski definition) is 0. The molecule has 0 bridgehead atoms. The predicted molar refractivity (Wildman–Crippen MR) is 105 cm³/mol. The fraction of sp³-hybridized carbons (Fsp3) is 0.273. The van der Waals surface area contributed by atoms with Crippen molar-refractivity contribution in [1.29, 1.82) is 0 Å². The largest absolute Gasteiger partial charge is 0.480 e. The van der Waals surface area contributed by atoms with E-state index in [9.17, 15) is 22.8 Å². The van der Waals surface area contributed by atoms with E-state index in [0.29, 0.717) is 22.5 Å². The van der Waals surface area contributed by atoms with Crippen molar-refractivity contribution in [1.82, 2.24) is 9.30 Å². The number of esters is 1. The predicted octanol–water partition coefficient (Wildman–Crippen LogP) is 3.53. The number of methoxy groups -OCH3 is 1. The van der Waals surface area contributed by atoms with Crippen LogP contribution in [0, 0.1) is 0 Å². The van der Waals surface area contributed by atoms with Crippen molar-refractivity contribution in [3.8, 4) is 5.75 Å². The highest BCUT2D eigenvalue weighted by Gasteiger charge is 2.47. The molecule has 3 heterocycles. The van der Waals surface area contributed by atoms with E-state index in [1.807, 2.05) is 6.07 Å². The normalized spacial score (nSPS) is 16.1. The molecule has 31 heavy (non-hydrogen) atoms. The molecule has 1 aromatic carbocycles. The average molecular weight is 432 g/mol. The molecule has 1 aliphatic rings. The molecule has 0 aliphatic carbocycles. The van der Waals surface area contributed by atoms with Gasteiger partial charge in [0.1, 0.15) is 5.75 Å². The highest BCUT2D eigenvalue weighted by atomic mass is 19.4. The Bertz CT molecular complexity index is 1120. The summed E-state index contributed by atoms with van der Waals surface area (Å²) in [4.78, 5) is 24.6. The van der Waals surface area contributed by atoms with E-state index in [-0.39, 0.29) is 19.6 Å². The first-order valence-corrected chi connectivity index (χ1v) is 9.56. The van der Waals surface area contributed by atoms with Gasteiger partial charge in [-0.1, -0.05) is 30.3 Å². The molecular formula is C22H19F3N2O4. The maximum absolute atomic E-state index is 13.4. The summed E-state index contributed by atoms with van der Waals surface area (Å²) in [6.45, 7) is -0.368. The number of nitrogens with zero attached hydrogens (tertiary/aromatic N) is 2. The third-order valence-electron chi connectivity index (χ3n) is 5.28. The monoisotopic (exact) mass is 432 g/mol. The minimum Gasteiger partial charge on any atom is -0.480 e. The summed E-state index contributed by atoms with van der Waals surface area (Å²) in [5.74, 6) is -2.04. The van der Waals surface area contributed by atoms with Crippen LogP contribution in [-0.4, -0.2) is 47.6 Å². The highest BCUT2D eigenvalue weighted by Crippen LogP contribution is 2.40. The number of ether oxygens (including phenoxy) is 2.